The SMILES string of the molecule is CS(=O)(=O)N1CCCC[C@H]1C(=O)NCc1cccnc1-n1cccn1. The summed E-state index contributed by atoms with van der Waals surface area (Å²) in [4.78, 5) is 16.9. The van der Waals surface area contributed by atoms with E-state index in [9.17, 15) is 13.2 Å². The topological polar surface area (TPSA) is 97.2 Å². The van der Waals surface area contributed by atoms with E-state index in [0.717, 1.165) is 24.7 Å². The van der Waals surface area contributed by atoms with Gasteiger partial charge in [0, 0.05) is 37.2 Å². The minimum Gasteiger partial charge on any atom is -0.350 e. The molecule has 0 unspecified atom stereocenters. The van der Waals surface area contributed by atoms with Gasteiger partial charge in [-0.15, -0.1) is 0 Å². The number of aromatic nitrogens is 3. The van der Waals surface area contributed by atoms with Gasteiger partial charge in [-0.2, -0.15) is 9.40 Å². The summed E-state index contributed by atoms with van der Waals surface area (Å²) in [6.45, 7) is 0.651. The van der Waals surface area contributed by atoms with E-state index >= 15 is 0 Å². The van der Waals surface area contributed by atoms with Crippen LogP contribution >= 0.6 is 0 Å². The van der Waals surface area contributed by atoms with Crippen LogP contribution in [0.25, 0.3) is 5.82 Å². The maximum Gasteiger partial charge on any atom is 0.238 e. The molecule has 25 heavy (non-hydrogen) atoms. The van der Waals surface area contributed by atoms with E-state index < -0.39 is 16.1 Å². The molecule has 1 aliphatic heterocycles. The normalized spacial score (nSPS) is 18.8. The quantitative estimate of drug-likeness (QED) is 0.843. The van der Waals surface area contributed by atoms with Crippen LogP contribution in [0.15, 0.2) is 36.8 Å². The fourth-order valence-corrected chi connectivity index (χ4v) is 4.16. The molecule has 2 aromatic rings. The third-order valence-electron chi connectivity index (χ3n) is 4.22. The van der Waals surface area contributed by atoms with Gasteiger partial charge in [0.25, 0.3) is 0 Å². The number of pyridine rings is 1. The molecule has 2 aromatic heterocycles. The molecular weight excluding hydrogens is 342 g/mol. The number of amides is 1. The van der Waals surface area contributed by atoms with Crippen molar-refractivity contribution in [1.29, 1.82) is 0 Å². The molecule has 0 spiro atoms. The Balaban J connectivity index is 1.73. The molecular formula is C16H21N5O3S. The number of carbonyl (C=O) groups is 1. The van der Waals surface area contributed by atoms with Gasteiger partial charge in [0.05, 0.1) is 6.26 Å². The first-order valence-corrected chi connectivity index (χ1v) is 10.00. The van der Waals surface area contributed by atoms with E-state index in [0.29, 0.717) is 18.8 Å². The van der Waals surface area contributed by atoms with E-state index in [1.165, 1.54) is 4.31 Å². The second-order valence-corrected chi connectivity index (χ2v) is 7.97. The molecule has 0 aliphatic carbocycles. The number of piperidine rings is 1. The standard InChI is InChI=1S/C16H21N5O3S/c1-25(23,24)21-11-3-2-7-14(21)16(22)18-12-13-6-4-8-17-15(13)20-10-5-9-19-20/h4-6,8-10,14H,2-3,7,11-12H2,1H3,(H,18,22)/t14-/m0/s1. The van der Waals surface area contributed by atoms with Gasteiger partial charge in [-0.3, -0.25) is 4.79 Å². The van der Waals surface area contributed by atoms with E-state index in [2.05, 4.69) is 15.4 Å². The van der Waals surface area contributed by atoms with E-state index in [1.807, 2.05) is 6.07 Å². The minimum absolute atomic E-state index is 0.260. The average molecular weight is 363 g/mol. The number of nitrogens with zero attached hydrogens (tertiary/aromatic N) is 4. The molecule has 1 saturated heterocycles. The van der Waals surface area contributed by atoms with Gasteiger partial charge in [-0.25, -0.2) is 18.1 Å². The Kier molecular flexibility index (Phi) is 5.14. The molecule has 1 atom stereocenters. The highest BCUT2D eigenvalue weighted by Crippen LogP contribution is 2.20. The van der Waals surface area contributed by atoms with Crippen molar-refractivity contribution in [3.8, 4) is 5.82 Å². The summed E-state index contributed by atoms with van der Waals surface area (Å²) in [5, 5.41) is 7.01. The van der Waals surface area contributed by atoms with Crippen molar-refractivity contribution in [3.05, 3.63) is 42.4 Å². The average Bonchev–Trinajstić information content (AvgIpc) is 3.13. The van der Waals surface area contributed by atoms with Crippen molar-refractivity contribution < 1.29 is 13.2 Å². The Morgan fingerprint density at radius 1 is 1.32 bits per heavy atom. The highest BCUT2D eigenvalue weighted by atomic mass is 32.2. The van der Waals surface area contributed by atoms with Gasteiger partial charge in [0.1, 0.15) is 6.04 Å². The molecule has 134 valence electrons. The van der Waals surface area contributed by atoms with E-state index in [1.54, 1.807) is 35.4 Å². The molecule has 1 aliphatic rings. The second kappa shape index (κ2) is 7.32. The zero-order chi connectivity index (χ0) is 17.9. The van der Waals surface area contributed by atoms with Crippen molar-refractivity contribution in [3.63, 3.8) is 0 Å². The zero-order valence-corrected chi connectivity index (χ0v) is 14.8. The maximum absolute atomic E-state index is 12.6. The van der Waals surface area contributed by atoms with Gasteiger partial charge >= 0.3 is 0 Å². The monoisotopic (exact) mass is 363 g/mol. The Morgan fingerprint density at radius 3 is 2.88 bits per heavy atom. The van der Waals surface area contributed by atoms with Crippen molar-refractivity contribution in [2.24, 2.45) is 0 Å². The van der Waals surface area contributed by atoms with E-state index in [4.69, 9.17) is 0 Å². The highest BCUT2D eigenvalue weighted by molar-refractivity contribution is 7.88. The van der Waals surface area contributed by atoms with Crippen molar-refractivity contribution >= 4 is 15.9 Å². The zero-order valence-electron chi connectivity index (χ0n) is 14.0. The smallest absolute Gasteiger partial charge is 0.238 e. The molecule has 1 N–H and O–H groups in total. The van der Waals surface area contributed by atoms with Crippen molar-refractivity contribution in [1.82, 2.24) is 24.4 Å². The second-order valence-electron chi connectivity index (χ2n) is 6.04. The van der Waals surface area contributed by atoms with Crippen LogP contribution in [0.2, 0.25) is 0 Å². The molecule has 0 bridgehead atoms. The van der Waals surface area contributed by atoms with Crippen LogP contribution < -0.4 is 5.32 Å². The summed E-state index contributed by atoms with van der Waals surface area (Å²) in [6, 6.07) is 4.80. The number of rotatable bonds is 5. The summed E-state index contributed by atoms with van der Waals surface area (Å²) in [5.41, 5.74) is 0.807. The van der Waals surface area contributed by atoms with Gasteiger partial charge in [0.2, 0.25) is 15.9 Å². The predicted molar refractivity (Wildman–Crippen MR) is 92.4 cm³/mol. The van der Waals surface area contributed by atoms with Crippen LogP contribution in [-0.4, -0.2) is 52.2 Å². The molecule has 8 nitrogen and oxygen atoms in total. The van der Waals surface area contributed by atoms with Gasteiger partial charge < -0.3 is 5.32 Å². The highest BCUT2D eigenvalue weighted by Gasteiger charge is 2.34. The van der Waals surface area contributed by atoms with Crippen LogP contribution in [0.5, 0.6) is 0 Å². The lowest BCUT2D eigenvalue weighted by Crippen LogP contribution is -2.51. The summed E-state index contributed by atoms with van der Waals surface area (Å²) >= 11 is 0. The van der Waals surface area contributed by atoms with Gasteiger partial charge in [-0.1, -0.05) is 12.5 Å². The van der Waals surface area contributed by atoms with E-state index in [-0.39, 0.29) is 12.5 Å². The number of carbonyl (C=O) groups excluding carboxylic acids is 1. The van der Waals surface area contributed by atoms with Crippen LogP contribution in [0.4, 0.5) is 0 Å². The number of sulfonamides is 1. The van der Waals surface area contributed by atoms with Crippen LogP contribution in [0.3, 0.4) is 0 Å². The summed E-state index contributed by atoms with van der Waals surface area (Å²) in [6.07, 6.45) is 8.41. The molecule has 1 fully saturated rings. The van der Waals surface area contributed by atoms with Crippen molar-refractivity contribution in [2.75, 3.05) is 12.8 Å². The Labute approximate surface area is 146 Å². The fourth-order valence-electron chi connectivity index (χ4n) is 3.03. The third kappa shape index (κ3) is 4.05. The third-order valence-corrected chi connectivity index (χ3v) is 5.51. The molecule has 0 radical (unpaired) electrons. The summed E-state index contributed by atoms with van der Waals surface area (Å²) in [5.74, 6) is 0.358. The van der Waals surface area contributed by atoms with Crippen LogP contribution in [0.1, 0.15) is 24.8 Å². The Bertz CT molecular complexity index is 835. The summed E-state index contributed by atoms with van der Waals surface area (Å²) in [7, 11) is -3.40. The predicted octanol–water partition coefficient (Wildman–Crippen LogP) is 0.698. The van der Waals surface area contributed by atoms with Crippen molar-refractivity contribution in [2.45, 2.75) is 31.8 Å². The molecule has 1 amide bonds. The number of hydrogen-bond acceptors (Lipinski definition) is 5. The van der Waals surface area contributed by atoms with Gasteiger partial charge in [-0.05, 0) is 25.0 Å². The first kappa shape index (κ1) is 17.6. The minimum atomic E-state index is -3.40. The number of hydrogen-bond donors (Lipinski definition) is 1. The fraction of sp³-hybridized carbons (Fsp3) is 0.438. The van der Waals surface area contributed by atoms with Crippen LogP contribution in [-0.2, 0) is 21.4 Å². The maximum atomic E-state index is 12.6. The Morgan fingerprint density at radius 2 is 2.16 bits per heavy atom. The number of nitrogens with one attached hydrogen (secondary N) is 1. The molecule has 9 heteroatoms. The van der Waals surface area contributed by atoms with Gasteiger partial charge in [0.15, 0.2) is 5.82 Å². The lowest BCUT2D eigenvalue weighted by atomic mass is 10.0. The lowest BCUT2D eigenvalue weighted by Gasteiger charge is -2.32. The Hall–Kier alpha value is -2.26. The largest absolute Gasteiger partial charge is 0.350 e. The lowest BCUT2D eigenvalue weighted by molar-refractivity contribution is -0.125. The molecule has 3 heterocycles. The summed E-state index contributed by atoms with van der Waals surface area (Å²) < 4.78 is 26.7. The van der Waals surface area contributed by atoms with Crippen LogP contribution in [0, 0.1) is 0 Å². The molecule has 0 aromatic carbocycles. The first-order chi connectivity index (χ1) is 12.0. The first-order valence-electron chi connectivity index (χ1n) is 8.15. The molecule has 0 saturated carbocycles. The molecule has 3 rings (SSSR count).